The van der Waals surface area contributed by atoms with Gasteiger partial charge in [0.15, 0.2) is 0 Å². The van der Waals surface area contributed by atoms with Crippen molar-refractivity contribution in [3.63, 3.8) is 0 Å². The molecule has 0 aliphatic rings. The molecule has 0 unspecified atom stereocenters. The van der Waals surface area contributed by atoms with Crippen molar-refractivity contribution >= 4 is 17.5 Å². The summed E-state index contributed by atoms with van der Waals surface area (Å²) >= 11 is 5.99. The van der Waals surface area contributed by atoms with E-state index in [9.17, 15) is 4.79 Å². The number of hydrogen-bond acceptors (Lipinski definition) is 2. The average Bonchev–Trinajstić information content (AvgIpc) is 2.46. The number of carbonyl (C=O) groups is 1. The Morgan fingerprint density at radius 3 is 2.43 bits per heavy atom. The largest absolute Gasteiger partial charge is 0.366 e. The van der Waals surface area contributed by atoms with Crippen LogP contribution in [0.3, 0.4) is 0 Å². The lowest BCUT2D eigenvalue weighted by atomic mass is 9.98. The number of carbonyl (C=O) groups excluding carboxylic acids is 1. The molecule has 2 N–H and O–H groups in total. The number of hydrogen-bond donors (Lipinski definition) is 1. The minimum absolute atomic E-state index is 0.313. The van der Waals surface area contributed by atoms with Crippen molar-refractivity contribution in [3.8, 4) is 11.1 Å². The molecular weight excluding hydrogens is 284 g/mol. The number of nitrogens with zero attached hydrogens (tertiary/aromatic N) is 1. The molecular formula is C17H19ClN2O. The molecule has 1 atom stereocenters. The quantitative estimate of drug-likeness (QED) is 0.935. The third-order valence-electron chi connectivity index (χ3n) is 3.71. The summed E-state index contributed by atoms with van der Waals surface area (Å²) in [6.45, 7) is 2.15. The van der Waals surface area contributed by atoms with Crippen LogP contribution >= 0.6 is 11.6 Å². The van der Waals surface area contributed by atoms with Crippen LogP contribution in [-0.4, -0.2) is 24.9 Å². The van der Waals surface area contributed by atoms with Gasteiger partial charge in [-0.1, -0.05) is 35.9 Å². The highest BCUT2D eigenvalue weighted by atomic mass is 35.5. The molecule has 3 nitrogen and oxygen atoms in total. The fourth-order valence-corrected chi connectivity index (χ4v) is 2.38. The third-order valence-corrected chi connectivity index (χ3v) is 4.04. The average molecular weight is 303 g/mol. The van der Waals surface area contributed by atoms with E-state index in [1.165, 1.54) is 5.56 Å². The van der Waals surface area contributed by atoms with Crippen LogP contribution in [-0.2, 0) is 0 Å². The topological polar surface area (TPSA) is 46.3 Å². The van der Waals surface area contributed by atoms with Crippen LogP contribution < -0.4 is 5.73 Å². The first-order chi connectivity index (χ1) is 9.90. The minimum atomic E-state index is -0.514. The first-order valence-corrected chi connectivity index (χ1v) is 7.14. The molecule has 2 rings (SSSR count). The molecule has 2 aromatic carbocycles. The van der Waals surface area contributed by atoms with E-state index in [1.54, 1.807) is 12.1 Å². The van der Waals surface area contributed by atoms with Gasteiger partial charge in [0.1, 0.15) is 0 Å². The Morgan fingerprint density at radius 1 is 1.14 bits per heavy atom. The fourth-order valence-electron chi connectivity index (χ4n) is 2.17. The fraction of sp³-hybridized carbons (Fsp3) is 0.235. The van der Waals surface area contributed by atoms with Crippen molar-refractivity contribution in [2.45, 2.75) is 13.0 Å². The van der Waals surface area contributed by atoms with Crippen LogP contribution in [0, 0.1) is 0 Å². The first kappa shape index (κ1) is 15.5. The van der Waals surface area contributed by atoms with Crippen molar-refractivity contribution in [1.82, 2.24) is 4.90 Å². The van der Waals surface area contributed by atoms with Crippen molar-refractivity contribution in [2.75, 3.05) is 14.1 Å². The Kier molecular flexibility index (Phi) is 4.66. The Morgan fingerprint density at radius 2 is 1.81 bits per heavy atom. The zero-order valence-electron chi connectivity index (χ0n) is 12.4. The predicted molar refractivity (Wildman–Crippen MR) is 87.5 cm³/mol. The zero-order chi connectivity index (χ0) is 15.6. The summed E-state index contributed by atoms with van der Waals surface area (Å²) in [4.78, 5) is 13.5. The summed E-state index contributed by atoms with van der Waals surface area (Å²) in [7, 11) is 4.09. The van der Waals surface area contributed by atoms with Crippen LogP contribution in [0.5, 0.6) is 0 Å². The van der Waals surface area contributed by atoms with Crippen LogP contribution in [0.25, 0.3) is 11.1 Å². The van der Waals surface area contributed by atoms with Crippen LogP contribution in [0.1, 0.15) is 28.9 Å². The molecule has 0 aromatic heterocycles. The van der Waals surface area contributed by atoms with Gasteiger partial charge >= 0.3 is 0 Å². The van der Waals surface area contributed by atoms with Gasteiger partial charge in [-0.05, 0) is 55.9 Å². The van der Waals surface area contributed by atoms with E-state index in [0.717, 1.165) is 11.1 Å². The van der Waals surface area contributed by atoms with Gasteiger partial charge in [-0.2, -0.15) is 0 Å². The van der Waals surface area contributed by atoms with Crippen LogP contribution in [0.15, 0.2) is 42.5 Å². The molecule has 0 saturated carbocycles. The molecule has 1 amide bonds. The molecule has 0 aliphatic heterocycles. The van der Waals surface area contributed by atoms with Gasteiger partial charge in [-0.25, -0.2) is 0 Å². The summed E-state index contributed by atoms with van der Waals surface area (Å²) < 4.78 is 0. The maximum absolute atomic E-state index is 11.4. The number of benzene rings is 2. The molecule has 0 bridgehead atoms. The summed E-state index contributed by atoms with van der Waals surface area (Å²) in [6.07, 6.45) is 0. The molecule has 110 valence electrons. The molecule has 0 heterocycles. The summed E-state index contributed by atoms with van der Waals surface area (Å²) in [6, 6.07) is 13.9. The number of rotatable bonds is 4. The Hall–Kier alpha value is -1.84. The maximum atomic E-state index is 11.4. The van der Waals surface area contributed by atoms with E-state index in [1.807, 2.05) is 32.3 Å². The molecule has 0 radical (unpaired) electrons. The second kappa shape index (κ2) is 6.29. The SMILES string of the molecule is C[C@H](c1cccc(-c2ccc(Cl)c(C(N)=O)c2)c1)N(C)C. The summed E-state index contributed by atoms with van der Waals surface area (Å²) in [5.74, 6) is -0.514. The normalized spacial score (nSPS) is 12.4. The monoisotopic (exact) mass is 302 g/mol. The van der Waals surface area contributed by atoms with Gasteiger partial charge in [-0.15, -0.1) is 0 Å². The second-order valence-electron chi connectivity index (χ2n) is 5.32. The van der Waals surface area contributed by atoms with Gasteiger partial charge in [0, 0.05) is 6.04 Å². The minimum Gasteiger partial charge on any atom is -0.366 e. The lowest BCUT2D eigenvalue weighted by molar-refractivity contribution is 0.100. The Bertz CT molecular complexity index is 668. The Labute approximate surface area is 130 Å². The van der Waals surface area contributed by atoms with E-state index < -0.39 is 5.91 Å². The second-order valence-corrected chi connectivity index (χ2v) is 5.73. The molecule has 2 aromatic rings. The van der Waals surface area contributed by atoms with Crippen LogP contribution in [0.2, 0.25) is 5.02 Å². The smallest absolute Gasteiger partial charge is 0.250 e. The summed E-state index contributed by atoms with van der Waals surface area (Å²) in [5.41, 5.74) is 8.89. The first-order valence-electron chi connectivity index (χ1n) is 6.76. The van der Waals surface area contributed by atoms with Gasteiger partial charge in [0.25, 0.3) is 0 Å². The van der Waals surface area contributed by atoms with Crippen molar-refractivity contribution in [1.29, 1.82) is 0 Å². The lowest BCUT2D eigenvalue weighted by Gasteiger charge is -2.20. The summed E-state index contributed by atoms with van der Waals surface area (Å²) in [5, 5.41) is 0.379. The van der Waals surface area contributed by atoms with Gasteiger partial charge in [-0.3, -0.25) is 4.79 Å². The lowest BCUT2D eigenvalue weighted by Crippen LogP contribution is -2.16. The van der Waals surface area contributed by atoms with Gasteiger partial charge in [0.2, 0.25) is 5.91 Å². The number of halogens is 1. The van der Waals surface area contributed by atoms with E-state index >= 15 is 0 Å². The van der Waals surface area contributed by atoms with Gasteiger partial charge in [0.05, 0.1) is 10.6 Å². The standard InChI is InChI=1S/C17H19ClN2O/c1-11(20(2)3)12-5-4-6-13(9-12)14-7-8-16(18)15(10-14)17(19)21/h4-11H,1-3H3,(H2,19,21)/t11-/m1/s1. The predicted octanol–water partition coefficient (Wildman–Crippen LogP) is 3.73. The molecule has 0 fully saturated rings. The van der Waals surface area contributed by atoms with E-state index in [-0.39, 0.29) is 0 Å². The van der Waals surface area contributed by atoms with E-state index in [2.05, 4.69) is 24.0 Å². The molecule has 0 spiro atoms. The maximum Gasteiger partial charge on any atom is 0.250 e. The zero-order valence-corrected chi connectivity index (χ0v) is 13.2. The number of amides is 1. The molecule has 21 heavy (non-hydrogen) atoms. The molecule has 0 aliphatic carbocycles. The highest BCUT2D eigenvalue weighted by Crippen LogP contribution is 2.28. The van der Waals surface area contributed by atoms with Crippen molar-refractivity contribution < 1.29 is 4.79 Å². The number of nitrogens with two attached hydrogens (primary N) is 1. The van der Waals surface area contributed by atoms with Crippen molar-refractivity contribution in [2.24, 2.45) is 5.73 Å². The highest BCUT2D eigenvalue weighted by Gasteiger charge is 2.11. The molecule has 4 heteroatoms. The van der Waals surface area contributed by atoms with E-state index in [4.69, 9.17) is 17.3 Å². The van der Waals surface area contributed by atoms with Crippen molar-refractivity contribution in [3.05, 3.63) is 58.6 Å². The van der Waals surface area contributed by atoms with Gasteiger partial charge < -0.3 is 10.6 Å². The third kappa shape index (κ3) is 3.43. The highest BCUT2D eigenvalue weighted by molar-refractivity contribution is 6.33. The molecule has 0 saturated heterocycles. The Balaban J connectivity index is 2.45. The van der Waals surface area contributed by atoms with Crippen LogP contribution in [0.4, 0.5) is 0 Å². The van der Waals surface area contributed by atoms with E-state index in [0.29, 0.717) is 16.6 Å². The number of primary amides is 1.